The maximum atomic E-state index is 13.1. The summed E-state index contributed by atoms with van der Waals surface area (Å²) in [5, 5.41) is 16.2. The van der Waals surface area contributed by atoms with Crippen molar-refractivity contribution in [2.24, 2.45) is 5.14 Å². The molecule has 0 aromatic heterocycles. The first-order chi connectivity index (χ1) is 15.2. The van der Waals surface area contributed by atoms with Crippen molar-refractivity contribution in [2.75, 3.05) is 4.90 Å². The summed E-state index contributed by atoms with van der Waals surface area (Å²) in [4.78, 5) is 27.2. The van der Waals surface area contributed by atoms with Gasteiger partial charge in [0, 0.05) is 15.7 Å². The number of anilines is 1. The van der Waals surface area contributed by atoms with Crippen molar-refractivity contribution in [2.45, 2.75) is 10.9 Å². The quantitative estimate of drug-likeness (QED) is 0.313. The zero-order valence-corrected chi connectivity index (χ0v) is 18.9. The second kappa shape index (κ2) is 8.34. The summed E-state index contributed by atoms with van der Waals surface area (Å²) in [5.74, 6) is -1.97. The lowest BCUT2D eigenvalue weighted by Gasteiger charge is -2.25. The summed E-state index contributed by atoms with van der Waals surface area (Å²) in [6.45, 7) is 0. The van der Waals surface area contributed by atoms with Gasteiger partial charge >= 0.3 is 0 Å². The topological polar surface area (TPSA) is 118 Å². The summed E-state index contributed by atoms with van der Waals surface area (Å²) >= 11 is 3.33. The maximum Gasteiger partial charge on any atom is 0.300 e. The summed E-state index contributed by atoms with van der Waals surface area (Å²) in [6, 6.07) is 20.0. The summed E-state index contributed by atoms with van der Waals surface area (Å²) in [6.07, 6.45) is 0. The predicted octanol–water partition coefficient (Wildman–Crippen LogP) is 3.72. The molecule has 0 radical (unpaired) electrons. The molecule has 3 aromatic carbocycles. The highest BCUT2D eigenvalue weighted by atomic mass is 79.9. The van der Waals surface area contributed by atoms with Gasteiger partial charge in [0.1, 0.15) is 5.76 Å². The fourth-order valence-corrected chi connectivity index (χ4v) is 4.39. The molecule has 1 heterocycles. The number of carbonyl (C=O) groups is 2. The van der Waals surface area contributed by atoms with Crippen molar-refractivity contribution < 1.29 is 23.1 Å². The number of rotatable bonds is 4. The van der Waals surface area contributed by atoms with Crippen LogP contribution in [0.25, 0.3) is 5.76 Å². The molecule has 0 bridgehead atoms. The smallest absolute Gasteiger partial charge is 0.300 e. The van der Waals surface area contributed by atoms with Crippen LogP contribution >= 0.6 is 15.9 Å². The Balaban J connectivity index is 1.90. The van der Waals surface area contributed by atoms with Gasteiger partial charge < -0.3 is 5.11 Å². The van der Waals surface area contributed by atoms with Crippen LogP contribution in [0.15, 0.2) is 93.8 Å². The van der Waals surface area contributed by atoms with Crippen LogP contribution in [0, 0.1) is 0 Å². The number of carbonyl (C=O) groups excluding carboxylic acids is 2. The van der Waals surface area contributed by atoms with Gasteiger partial charge in [-0.25, -0.2) is 13.6 Å². The lowest BCUT2D eigenvalue weighted by Crippen LogP contribution is -2.29. The standard InChI is InChI=1S/C23H17BrN2O5S/c24-16-8-6-15(7-9-16)21(27)19-20(14-4-2-1-3-5-14)26(23(29)22(19)28)17-10-12-18(13-11-17)32(25,30)31/h1-13,20,27H,(H2,25,30,31)/t20-/m0/s1. The zero-order chi connectivity index (χ0) is 23.0. The second-order valence-corrected chi connectivity index (χ2v) is 9.60. The van der Waals surface area contributed by atoms with Crippen LogP contribution in [0.2, 0.25) is 0 Å². The van der Waals surface area contributed by atoms with E-state index in [-0.39, 0.29) is 16.2 Å². The molecule has 0 aliphatic carbocycles. The van der Waals surface area contributed by atoms with Crippen LogP contribution in [-0.2, 0) is 19.6 Å². The maximum absolute atomic E-state index is 13.1. The number of hydrogen-bond donors (Lipinski definition) is 2. The molecule has 0 spiro atoms. The number of hydrogen-bond acceptors (Lipinski definition) is 5. The summed E-state index contributed by atoms with van der Waals surface area (Å²) in [7, 11) is -3.92. The van der Waals surface area contributed by atoms with Gasteiger partial charge in [0.15, 0.2) is 0 Å². The van der Waals surface area contributed by atoms with Crippen molar-refractivity contribution in [3.63, 3.8) is 0 Å². The molecule has 1 atom stereocenters. The van der Waals surface area contributed by atoms with Crippen molar-refractivity contribution >= 4 is 49.1 Å². The molecule has 0 saturated carbocycles. The molecule has 1 fully saturated rings. The lowest BCUT2D eigenvalue weighted by atomic mass is 9.95. The number of halogens is 1. The second-order valence-electron chi connectivity index (χ2n) is 7.13. The summed E-state index contributed by atoms with van der Waals surface area (Å²) in [5.41, 5.74) is 1.24. The average molecular weight is 513 g/mol. The fourth-order valence-electron chi connectivity index (χ4n) is 3.61. The number of Topliss-reactive ketones (excluding diaryl/α,β-unsaturated/α-hetero) is 1. The molecule has 1 saturated heterocycles. The molecule has 1 amide bonds. The largest absolute Gasteiger partial charge is 0.507 e. The fraction of sp³-hybridized carbons (Fsp3) is 0.0435. The third-order valence-electron chi connectivity index (χ3n) is 5.12. The van der Waals surface area contributed by atoms with Gasteiger partial charge in [-0.15, -0.1) is 0 Å². The monoisotopic (exact) mass is 512 g/mol. The van der Waals surface area contributed by atoms with Crippen LogP contribution < -0.4 is 10.0 Å². The van der Waals surface area contributed by atoms with Crippen molar-refractivity contribution in [1.82, 2.24) is 0 Å². The van der Waals surface area contributed by atoms with E-state index < -0.39 is 27.8 Å². The molecular formula is C23H17BrN2O5S. The van der Waals surface area contributed by atoms with E-state index in [1.165, 1.54) is 29.2 Å². The van der Waals surface area contributed by atoms with Gasteiger partial charge in [-0.3, -0.25) is 14.5 Å². The molecule has 7 nitrogen and oxygen atoms in total. The highest BCUT2D eigenvalue weighted by Gasteiger charge is 2.46. The predicted molar refractivity (Wildman–Crippen MR) is 123 cm³/mol. The molecule has 162 valence electrons. The molecule has 3 aromatic rings. The first-order valence-electron chi connectivity index (χ1n) is 9.43. The van der Waals surface area contributed by atoms with Gasteiger partial charge in [-0.05, 0) is 42.0 Å². The van der Waals surface area contributed by atoms with Crippen molar-refractivity contribution in [1.29, 1.82) is 0 Å². The van der Waals surface area contributed by atoms with E-state index in [4.69, 9.17) is 5.14 Å². The molecule has 1 aliphatic heterocycles. The van der Waals surface area contributed by atoms with E-state index in [0.29, 0.717) is 16.8 Å². The lowest BCUT2D eigenvalue weighted by molar-refractivity contribution is -0.132. The molecule has 0 unspecified atom stereocenters. The van der Waals surface area contributed by atoms with Crippen LogP contribution in [-0.4, -0.2) is 25.2 Å². The van der Waals surface area contributed by atoms with E-state index in [1.54, 1.807) is 54.6 Å². The minimum atomic E-state index is -3.92. The van der Waals surface area contributed by atoms with Gasteiger partial charge in [0.05, 0.1) is 16.5 Å². The van der Waals surface area contributed by atoms with Crippen LogP contribution in [0.4, 0.5) is 5.69 Å². The zero-order valence-electron chi connectivity index (χ0n) is 16.5. The normalized spacial score (nSPS) is 18.2. The number of nitrogens with zero attached hydrogens (tertiary/aromatic N) is 1. The van der Waals surface area contributed by atoms with Gasteiger partial charge in [0.2, 0.25) is 10.0 Å². The molecule has 32 heavy (non-hydrogen) atoms. The van der Waals surface area contributed by atoms with Crippen LogP contribution in [0.1, 0.15) is 17.2 Å². The first-order valence-corrected chi connectivity index (χ1v) is 11.8. The van der Waals surface area contributed by atoms with Crippen molar-refractivity contribution in [3.8, 4) is 0 Å². The van der Waals surface area contributed by atoms with Gasteiger partial charge in [0.25, 0.3) is 11.7 Å². The number of aliphatic hydroxyl groups is 1. The average Bonchev–Trinajstić information content (AvgIpc) is 3.04. The number of nitrogens with two attached hydrogens (primary N) is 1. The Morgan fingerprint density at radius 1 is 0.906 bits per heavy atom. The van der Waals surface area contributed by atoms with E-state index >= 15 is 0 Å². The van der Waals surface area contributed by atoms with Crippen molar-refractivity contribution in [3.05, 3.63) is 100 Å². The highest BCUT2D eigenvalue weighted by molar-refractivity contribution is 9.10. The third kappa shape index (κ3) is 3.97. The van der Waals surface area contributed by atoms with Gasteiger partial charge in [-0.2, -0.15) is 0 Å². The molecular weight excluding hydrogens is 496 g/mol. The Bertz CT molecular complexity index is 1340. The van der Waals surface area contributed by atoms with E-state index in [9.17, 15) is 23.1 Å². The molecule has 1 aliphatic rings. The first kappa shape index (κ1) is 21.9. The Hall–Kier alpha value is -3.27. The molecule has 3 N–H and O–H groups in total. The van der Waals surface area contributed by atoms with Crippen LogP contribution in [0.5, 0.6) is 0 Å². The Morgan fingerprint density at radius 2 is 1.50 bits per heavy atom. The number of primary sulfonamides is 1. The number of sulfonamides is 1. The number of amides is 1. The van der Waals surface area contributed by atoms with Crippen LogP contribution in [0.3, 0.4) is 0 Å². The molecule has 4 rings (SSSR count). The third-order valence-corrected chi connectivity index (χ3v) is 6.58. The minimum Gasteiger partial charge on any atom is -0.507 e. The Kier molecular flexibility index (Phi) is 5.72. The van der Waals surface area contributed by atoms with E-state index in [0.717, 1.165) is 4.47 Å². The van der Waals surface area contributed by atoms with E-state index in [2.05, 4.69) is 15.9 Å². The Labute approximate surface area is 193 Å². The number of benzene rings is 3. The minimum absolute atomic E-state index is 0.0564. The Morgan fingerprint density at radius 3 is 2.06 bits per heavy atom. The van der Waals surface area contributed by atoms with Gasteiger partial charge in [-0.1, -0.05) is 58.4 Å². The highest BCUT2D eigenvalue weighted by Crippen LogP contribution is 2.42. The SMILES string of the molecule is NS(=O)(=O)c1ccc(N2C(=O)C(=O)C(=C(O)c3ccc(Br)cc3)[C@@H]2c2ccccc2)cc1. The summed E-state index contributed by atoms with van der Waals surface area (Å²) < 4.78 is 24.0. The number of ketones is 1. The van der Waals surface area contributed by atoms with E-state index in [1.807, 2.05) is 0 Å². The number of aliphatic hydroxyl groups excluding tert-OH is 1. The molecule has 9 heteroatoms.